The second kappa shape index (κ2) is 5.29. The molecule has 6 rings (SSSR count). The van der Waals surface area contributed by atoms with E-state index in [1.54, 1.807) is 48.5 Å². The van der Waals surface area contributed by atoms with Crippen LogP contribution in [0.5, 0.6) is 23.0 Å². The summed E-state index contributed by atoms with van der Waals surface area (Å²) in [5.41, 5.74) is 0.430. The highest BCUT2D eigenvalue weighted by Gasteiger charge is 2.55. The fourth-order valence-electron chi connectivity index (χ4n) is 4.50. The molecule has 2 N–H and O–H groups in total. The minimum absolute atomic E-state index is 0.228. The number of fused-ring (bicyclic) bond motifs is 8. The summed E-state index contributed by atoms with van der Waals surface area (Å²) in [7, 11) is 0. The molecule has 0 saturated carbocycles. The van der Waals surface area contributed by atoms with Gasteiger partial charge in [0.1, 0.15) is 11.5 Å². The van der Waals surface area contributed by atoms with E-state index in [-0.39, 0.29) is 17.1 Å². The normalized spacial score (nSPS) is 18.7. The molecular weight excluding hydrogens is 368 g/mol. The van der Waals surface area contributed by atoms with Crippen LogP contribution in [0.15, 0.2) is 72.8 Å². The molecule has 4 aromatic rings. The molecule has 5 nitrogen and oxygen atoms in total. The van der Waals surface area contributed by atoms with Crippen LogP contribution in [0.1, 0.15) is 27.0 Å². The zero-order valence-corrected chi connectivity index (χ0v) is 15.0. The van der Waals surface area contributed by atoms with Crippen molar-refractivity contribution in [3.8, 4) is 23.0 Å². The van der Waals surface area contributed by atoms with E-state index in [2.05, 4.69) is 0 Å². The van der Waals surface area contributed by atoms with Gasteiger partial charge in [0.2, 0.25) is 0 Å². The van der Waals surface area contributed by atoms with Crippen molar-refractivity contribution in [2.75, 3.05) is 0 Å². The molecule has 1 unspecified atom stereocenters. The Kier molecular flexibility index (Phi) is 2.92. The van der Waals surface area contributed by atoms with Crippen LogP contribution < -0.4 is 4.74 Å². The summed E-state index contributed by atoms with van der Waals surface area (Å²) in [6.45, 7) is 0. The van der Waals surface area contributed by atoms with Gasteiger partial charge in [0.15, 0.2) is 17.1 Å². The summed E-state index contributed by atoms with van der Waals surface area (Å²) in [5, 5.41) is 22.9. The topological polar surface area (TPSA) is 76.0 Å². The lowest BCUT2D eigenvalue weighted by molar-refractivity contribution is 0.0217. The predicted octanol–water partition coefficient (Wildman–Crippen LogP) is 4.82. The summed E-state index contributed by atoms with van der Waals surface area (Å²) in [5.74, 6) is -0.242. The van der Waals surface area contributed by atoms with Crippen molar-refractivity contribution in [1.82, 2.24) is 0 Å². The number of aromatic hydroxyl groups is 2. The number of phenols is 2. The van der Waals surface area contributed by atoms with Gasteiger partial charge in [0, 0.05) is 21.9 Å². The number of esters is 1. The maximum atomic E-state index is 12.8. The van der Waals surface area contributed by atoms with Crippen LogP contribution in [-0.2, 0) is 10.3 Å². The number of carbonyl (C=O) groups is 1. The highest BCUT2D eigenvalue weighted by Crippen LogP contribution is 2.61. The Balaban J connectivity index is 1.85. The highest BCUT2D eigenvalue weighted by molar-refractivity contribution is 6.02. The molecule has 2 heterocycles. The van der Waals surface area contributed by atoms with Gasteiger partial charge in [-0.3, -0.25) is 0 Å². The molecule has 2 aliphatic heterocycles. The van der Waals surface area contributed by atoms with E-state index in [1.165, 1.54) is 0 Å². The molecule has 5 heteroatoms. The molecule has 140 valence electrons. The largest absolute Gasteiger partial charge is 0.504 e. The molecule has 29 heavy (non-hydrogen) atoms. The number of hydrogen-bond acceptors (Lipinski definition) is 5. The van der Waals surface area contributed by atoms with Gasteiger partial charge in [-0.05, 0) is 12.1 Å². The zero-order chi connectivity index (χ0) is 19.8. The SMILES string of the molecule is O=C1OC2(c3ccccc3Oc3c2c(O)c(O)c2ccccc32)c2ccccc21. The van der Waals surface area contributed by atoms with Gasteiger partial charge in [-0.15, -0.1) is 0 Å². The molecule has 0 aromatic heterocycles. The monoisotopic (exact) mass is 382 g/mol. The fraction of sp³-hybridized carbons (Fsp3) is 0.0417. The van der Waals surface area contributed by atoms with Crippen LogP contribution in [0, 0.1) is 0 Å². The summed E-state index contributed by atoms with van der Waals surface area (Å²) in [6.07, 6.45) is 0. The summed E-state index contributed by atoms with van der Waals surface area (Å²) >= 11 is 0. The Hall–Kier alpha value is -3.99. The molecule has 0 aliphatic carbocycles. The Labute approximate surface area is 165 Å². The van der Waals surface area contributed by atoms with Crippen molar-refractivity contribution < 1.29 is 24.5 Å². The number of rotatable bonds is 0. The smallest absolute Gasteiger partial charge is 0.340 e. The minimum Gasteiger partial charge on any atom is -0.504 e. The molecule has 0 radical (unpaired) electrons. The van der Waals surface area contributed by atoms with Crippen molar-refractivity contribution >= 4 is 16.7 Å². The molecule has 1 spiro atoms. The van der Waals surface area contributed by atoms with Crippen LogP contribution >= 0.6 is 0 Å². The van der Waals surface area contributed by atoms with Crippen LogP contribution in [0.25, 0.3) is 10.8 Å². The lowest BCUT2D eigenvalue weighted by Gasteiger charge is -2.37. The lowest BCUT2D eigenvalue weighted by atomic mass is 9.76. The van der Waals surface area contributed by atoms with E-state index < -0.39 is 11.6 Å². The van der Waals surface area contributed by atoms with Crippen molar-refractivity contribution in [2.45, 2.75) is 5.60 Å². The first kappa shape index (κ1) is 16.0. The molecule has 0 fully saturated rings. The third-order valence-electron chi connectivity index (χ3n) is 5.72. The Morgan fingerprint density at radius 2 is 1.38 bits per heavy atom. The van der Waals surface area contributed by atoms with Crippen LogP contribution in [0.2, 0.25) is 0 Å². The number of para-hydroxylation sites is 1. The summed E-state index contributed by atoms with van der Waals surface area (Å²) in [6, 6.07) is 21.4. The maximum Gasteiger partial charge on any atom is 0.340 e. The third-order valence-corrected chi connectivity index (χ3v) is 5.72. The first-order chi connectivity index (χ1) is 14.1. The van der Waals surface area contributed by atoms with Crippen molar-refractivity contribution in [2.24, 2.45) is 0 Å². The van der Waals surface area contributed by atoms with Gasteiger partial charge in [0.25, 0.3) is 0 Å². The number of carbonyl (C=O) groups excluding carboxylic acids is 1. The summed E-state index contributed by atoms with van der Waals surface area (Å²) in [4.78, 5) is 12.8. The van der Waals surface area contributed by atoms with Crippen LogP contribution in [-0.4, -0.2) is 16.2 Å². The molecular formula is C24H14O5. The van der Waals surface area contributed by atoms with Gasteiger partial charge in [-0.1, -0.05) is 60.7 Å². The van der Waals surface area contributed by atoms with Gasteiger partial charge in [0.05, 0.1) is 11.1 Å². The van der Waals surface area contributed by atoms with E-state index in [1.807, 2.05) is 24.3 Å². The van der Waals surface area contributed by atoms with E-state index >= 15 is 0 Å². The van der Waals surface area contributed by atoms with E-state index in [4.69, 9.17) is 9.47 Å². The Morgan fingerprint density at radius 1 is 0.724 bits per heavy atom. The fourth-order valence-corrected chi connectivity index (χ4v) is 4.50. The molecule has 1 atom stereocenters. The zero-order valence-electron chi connectivity index (χ0n) is 15.0. The third kappa shape index (κ3) is 1.82. The van der Waals surface area contributed by atoms with Crippen molar-refractivity contribution in [1.29, 1.82) is 0 Å². The highest BCUT2D eigenvalue weighted by atomic mass is 16.6. The van der Waals surface area contributed by atoms with Crippen molar-refractivity contribution in [3.63, 3.8) is 0 Å². The average molecular weight is 382 g/mol. The second-order valence-electron chi connectivity index (χ2n) is 7.16. The number of hydrogen-bond donors (Lipinski definition) is 2. The molecule has 0 saturated heterocycles. The molecule has 0 bridgehead atoms. The van der Waals surface area contributed by atoms with Crippen LogP contribution in [0.4, 0.5) is 0 Å². The van der Waals surface area contributed by atoms with E-state index in [0.717, 1.165) is 0 Å². The standard InChI is InChI=1S/C24H14O5/c25-20-13-7-1-2-8-14(13)22-19(21(20)26)24(17-11-5-6-12-18(17)28-22)16-10-4-3-9-15(16)23(27)29-24/h1-12,25-26H. The lowest BCUT2D eigenvalue weighted by Crippen LogP contribution is -2.33. The first-order valence-electron chi connectivity index (χ1n) is 9.20. The molecule has 2 aliphatic rings. The quantitative estimate of drug-likeness (QED) is 0.337. The maximum absolute atomic E-state index is 12.8. The number of ether oxygens (including phenoxy) is 2. The average Bonchev–Trinajstić information content (AvgIpc) is 3.05. The van der Waals surface area contributed by atoms with Crippen LogP contribution in [0.3, 0.4) is 0 Å². The first-order valence-corrected chi connectivity index (χ1v) is 9.20. The van der Waals surface area contributed by atoms with E-state index in [0.29, 0.717) is 39.0 Å². The summed E-state index contributed by atoms with van der Waals surface area (Å²) < 4.78 is 12.2. The minimum atomic E-state index is -1.41. The van der Waals surface area contributed by atoms with Gasteiger partial charge >= 0.3 is 5.97 Å². The molecule has 0 amide bonds. The van der Waals surface area contributed by atoms with E-state index in [9.17, 15) is 15.0 Å². The van der Waals surface area contributed by atoms with Crippen molar-refractivity contribution in [3.05, 3.63) is 95.1 Å². The van der Waals surface area contributed by atoms with Gasteiger partial charge in [-0.25, -0.2) is 4.79 Å². The predicted molar refractivity (Wildman–Crippen MR) is 106 cm³/mol. The Bertz CT molecular complexity index is 1360. The number of phenolic OH excluding ortho intramolecular Hbond substituents is 2. The number of benzene rings is 4. The Morgan fingerprint density at radius 3 is 2.21 bits per heavy atom. The van der Waals surface area contributed by atoms with Gasteiger partial charge < -0.3 is 19.7 Å². The second-order valence-corrected chi connectivity index (χ2v) is 7.16. The molecule has 4 aromatic carbocycles. The van der Waals surface area contributed by atoms with Gasteiger partial charge in [-0.2, -0.15) is 0 Å².